The van der Waals surface area contributed by atoms with Gasteiger partial charge in [-0.3, -0.25) is 4.90 Å². The van der Waals surface area contributed by atoms with Crippen molar-refractivity contribution in [2.24, 2.45) is 0 Å². The number of likely N-dealkylation sites (N-methyl/N-ethyl adjacent to an activating group) is 1. The fourth-order valence-corrected chi connectivity index (χ4v) is 3.15. The van der Waals surface area contributed by atoms with E-state index in [1.165, 1.54) is 12.8 Å². The molecule has 1 aliphatic rings. The maximum atomic E-state index is 11.2. The summed E-state index contributed by atoms with van der Waals surface area (Å²) in [6.07, 6.45) is 4.21. The molecule has 1 fully saturated rings. The van der Waals surface area contributed by atoms with Gasteiger partial charge in [0.1, 0.15) is 5.52 Å². The van der Waals surface area contributed by atoms with Crippen LogP contribution in [-0.4, -0.2) is 44.7 Å². The fourth-order valence-electron chi connectivity index (χ4n) is 3.15. The predicted molar refractivity (Wildman–Crippen MR) is 77.0 cm³/mol. The van der Waals surface area contributed by atoms with E-state index in [0.29, 0.717) is 11.6 Å². The molecule has 20 heavy (non-hydrogen) atoms. The zero-order valence-corrected chi connectivity index (χ0v) is 11.6. The molecule has 106 valence electrons. The number of benzene rings is 1. The Labute approximate surface area is 117 Å². The number of carbonyl (C=O) groups is 1. The average Bonchev–Trinajstić information content (AvgIpc) is 3.06. The Morgan fingerprint density at radius 1 is 1.50 bits per heavy atom. The highest BCUT2D eigenvalue weighted by molar-refractivity contribution is 6.00. The maximum Gasteiger partial charge on any atom is 0.337 e. The number of nitrogens with zero attached hydrogens (tertiary/aromatic N) is 3. The van der Waals surface area contributed by atoms with Gasteiger partial charge in [0, 0.05) is 12.6 Å². The highest BCUT2D eigenvalue weighted by atomic mass is 16.4. The number of para-hydroxylation sites is 1. The first-order valence-corrected chi connectivity index (χ1v) is 7.12. The van der Waals surface area contributed by atoms with Crippen LogP contribution in [-0.2, 0) is 6.54 Å². The van der Waals surface area contributed by atoms with E-state index in [1.807, 2.05) is 6.07 Å². The second kappa shape index (κ2) is 5.25. The van der Waals surface area contributed by atoms with Gasteiger partial charge in [0.2, 0.25) is 0 Å². The molecule has 0 radical (unpaired) electrons. The van der Waals surface area contributed by atoms with Gasteiger partial charge < -0.3 is 9.67 Å². The molecule has 1 aromatic carbocycles. The van der Waals surface area contributed by atoms with Crippen molar-refractivity contribution >= 4 is 17.0 Å². The van der Waals surface area contributed by atoms with Crippen LogP contribution in [0.1, 0.15) is 30.1 Å². The summed E-state index contributed by atoms with van der Waals surface area (Å²) in [5.41, 5.74) is 1.77. The summed E-state index contributed by atoms with van der Waals surface area (Å²) >= 11 is 0. The van der Waals surface area contributed by atoms with Crippen molar-refractivity contribution in [2.45, 2.75) is 32.4 Å². The van der Waals surface area contributed by atoms with E-state index >= 15 is 0 Å². The Kier molecular flexibility index (Phi) is 3.44. The monoisotopic (exact) mass is 273 g/mol. The number of carboxylic acid groups (broad SMARTS) is 1. The average molecular weight is 273 g/mol. The lowest BCUT2D eigenvalue weighted by atomic mass is 10.1. The van der Waals surface area contributed by atoms with Crippen LogP contribution in [0.3, 0.4) is 0 Å². The van der Waals surface area contributed by atoms with Crippen LogP contribution < -0.4 is 0 Å². The topological polar surface area (TPSA) is 58.4 Å². The van der Waals surface area contributed by atoms with Crippen LogP contribution in [0.5, 0.6) is 0 Å². The molecule has 5 heteroatoms. The number of aromatic carboxylic acids is 1. The zero-order valence-electron chi connectivity index (χ0n) is 11.6. The van der Waals surface area contributed by atoms with Crippen molar-refractivity contribution in [1.29, 1.82) is 0 Å². The van der Waals surface area contributed by atoms with Crippen LogP contribution >= 0.6 is 0 Å². The summed E-state index contributed by atoms with van der Waals surface area (Å²) in [5, 5.41) is 9.20. The summed E-state index contributed by atoms with van der Waals surface area (Å²) in [4.78, 5) is 18.0. The van der Waals surface area contributed by atoms with Crippen molar-refractivity contribution in [3.63, 3.8) is 0 Å². The van der Waals surface area contributed by atoms with Crippen molar-refractivity contribution < 1.29 is 9.90 Å². The van der Waals surface area contributed by atoms with Crippen molar-refractivity contribution in [1.82, 2.24) is 14.5 Å². The maximum absolute atomic E-state index is 11.2. The van der Waals surface area contributed by atoms with E-state index in [0.717, 1.165) is 25.2 Å². The molecule has 1 aliphatic heterocycles. The molecule has 0 bridgehead atoms. The minimum absolute atomic E-state index is 0.278. The molecule has 1 saturated heterocycles. The second-order valence-electron chi connectivity index (χ2n) is 5.30. The SMILES string of the molecule is CCN1CCCC1Cn1cnc2c(C(=O)O)cccc21. The minimum Gasteiger partial charge on any atom is -0.478 e. The molecule has 1 unspecified atom stereocenters. The number of likely N-dealkylation sites (tertiary alicyclic amines) is 1. The molecular weight excluding hydrogens is 254 g/mol. The van der Waals surface area contributed by atoms with Crippen LogP contribution in [0.2, 0.25) is 0 Å². The minimum atomic E-state index is -0.920. The smallest absolute Gasteiger partial charge is 0.337 e. The molecule has 0 saturated carbocycles. The van der Waals surface area contributed by atoms with Gasteiger partial charge in [-0.2, -0.15) is 0 Å². The molecule has 2 aromatic rings. The third-order valence-corrected chi connectivity index (χ3v) is 4.19. The molecule has 1 atom stereocenters. The van der Waals surface area contributed by atoms with E-state index in [4.69, 9.17) is 0 Å². The molecule has 0 amide bonds. The van der Waals surface area contributed by atoms with E-state index in [9.17, 15) is 9.90 Å². The molecule has 2 heterocycles. The van der Waals surface area contributed by atoms with Crippen molar-refractivity contribution in [3.05, 3.63) is 30.1 Å². The largest absolute Gasteiger partial charge is 0.478 e. The number of carboxylic acids is 1. The lowest BCUT2D eigenvalue weighted by Crippen LogP contribution is -2.32. The first kappa shape index (κ1) is 13.1. The van der Waals surface area contributed by atoms with Crippen LogP contribution in [0, 0.1) is 0 Å². The van der Waals surface area contributed by atoms with Gasteiger partial charge in [-0.25, -0.2) is 9.78 Å². The Balaban J connectivity index is 1.93. The Morgan fingerprint density at radius 2 is 2.35 bits per heavy atom. The number of hydrogen-bond acceptors (Lipinski definition) is 3. The van der Waals surface area contributed by atoms with Crippen molar-refractivity contribution in [3.8, 4) is 0 Å². The molecule has 5 nitrogen and oxygen atoms in total. The summed E-state index contributed by atoms with van der Waals surface area (Å²) in [7, 11) is 0. The Hall–Kier alpha value is -1.88. The normalized spacial score (nSPS) is 19.8. The highest BCUT2D eigenvalue weighted by Crippen LogP contribution is 2.22. The van der Waals surface area contributed by atoms with Crippen LogP contribution in [0.25, 0.3) is 11.0 Å². The van der Waals surface area contributed by atoms with Gasteiger partial charge in [-0.15, -0.1) is 0 Å². The molecule has 3 rings (SSSR count). The molecule has 0 spiro atoms. The molecule has 1 aromatic heterocycles. The lowest BCUT2D eigenvalue weighted by Gasteiger charge is -2.23. The predicted octanol–water partition coefficient (Wildman–Crippen LogP) is 2.22. The van der Waals surface area contributed by atoms with Gasteiger partial charge in [0.15, 0.2) is 0 Å². The van der Waals surface area contributed by atoms with E-state index < -0.39 is 5.97 Å². The van der Waals surface area contributed by atoms with E-state index in [2.05, 4.69) is 21.4 Å². The summed E-state index contributed by atoms with van der Waals surface area (Å²) < 4.78 is 2.08. The molecule has 1 N–H and O–H groups in total. The third kappa shape index (κ3) is 2.18. The number of imidazole rings is 1. The van der Waals surface area contributed by atoms with E-state index in [-0.39, 0.29) is 5.56 Å². The van der Waals surface area contributed by atoms with Crippen LogP contribution in [0.4, 0.5) is 0 Å². The quantitative estimate of drug-likeness (QED) is 0.928. The van der Waals surface area contributed by atoms with Gasteiger partial charge in [-0.05, 0) is 38.1 Å². The zero-order chi connectivity index (χ0) is 14.1. The summed E-state index contributed by atoms with van der Waals surface area (Å²) in [6, 6.07) is 5.87. The van der Waals surface area contributed by atoms with E-state index in [1.54, 1.807) is 18.5 Å². The first-order valence-electron chi connectivity index (χ1n) is 7.12. The van der Waals surface area contributed by atoms with Crippen molar-refractivity contribution in [2.75, 3.05) is 13.1 Å². The second-order valence-corrected chi connectivity index (χ2v) is 5.30. The number of aromatic nitrogens is 2. The standard InChI is InChI=1S/C15H19N3O2/c1-2-17-8-4-5-11(17)9-18-10-16-14-12(15(19)20)6-3-7-13(14)18/h3,6-7,10-11H,2,4-5,8-9H2,1H3,(H,19,20). The number of fused-ring (bicyclic) bond motifs is 1. The molecule has 0 aliphatic carbocycles. The first-order chi connectivity index (χ1) is 9.70. The van der Waals surface area contributed by atoms with Crippen LogP contribution in [0.15, 0.2) is 24.5 Å². The van der Waals surface area contributed by atoms with Gasteiger partial charge in [-0.1, -0.05) is 13.0 Å². The highest BCUT2D eigenvalue weighted by Gasteiger charge is 2.24. The third-order valence-electron chi connectivity index (χ3n) is 4.19. The fraction of sp³-hybridized carbons (Fsp3) is 0.467. The number of rotatable bonds is 4. The Morgan fingerprint density at radius 3 is 3.10 bits per heavy atom. The Bertz CT molecular complexity index is 635. The van der Waals surface area contributed by atoms with Gasteiger partial charge in [0.25, 0.3) is 0 Å². The lowest BCUT2D eigenvalue weighted by molar-refractivity contribution is 0.0699. The summed E-state index contributed by atoms with van der Waals surface area (Å²) in [6.45, 7) is 5.30. The summed E-state index contributed by atoms with van der Waals surface area (Å²) in [5.74, 6) is -0.920. The molecular formula is C15H19N3O2. The van der Waals surface area contributed by atoms with Gasteiger partial charge in [0.05, 0.1) is 17.4 Å². The van der Waals surface area contributed by atoms with Gasteiger partial charge >= 0.3 is 5.97 Å². The number of hydrogen-bond donors (Lipinski definition) is 1.